The van der Waals surface area contributed by atoms with Crippen LogP contribution in [0.15, 0.2) is 72.0 Å². The summed E-state index contributed by atoms with van der Waals surface area (Å²) in [5.41, 5.74) is 11.3. The highest BCUT2D eigenvalue weighted by atomic mass is 16.1. The van der Waals surface area contributed by atoms with Gasteiger partial charge < -0.3 is 15.3 Å². The number of benzene rings is 2. The highest BCUT2D eigenvalue weighted by molar-refractivity contribution is 6.06. The molecular weight excluding hydrogens is 424 g/mol. The number of aromatic nitrogens is 4. The molecule has 2 aromatic carbocycles. The Labute approximate surface area is 197 Å². The first kappa shape index (κ1) is 21.6. The fraction of sp³-hybridized carbons (Fsp3) is 0.185. The van der Waals surface area contributed by atoms with E-state index in [1.165, 1.54) is 0 Å². The predicted octanol–water partition coefficient (Wildman–Crippen LogP) is 5.52. The molecule has 0 atom stereocenters. The van der Waals surface area contributed by atoms with Gasteiger partial charge in [0.1, 0.15) is 17.3 Å². The summed E-state index contributed by atoms with van der Waals surface area (Å²) in [4.78, 5) is 29.5. The summed E-state index contributed by atoms with van der Waals surface area (Å²) in [6, 6.07) is 17.8. The van der Waals surface area contributed by atoms with Crippen LogP contribution in [0.3, 0.4) is 0 Å². The molecule has 0 saturated carbocycles. The van der Waals surface area contributed by atoms with Gasteiger partial charge >= 0.3 is 0 Å². The number of carbonyl (C=O) groups excluding carboxylic acids is 1. The summed E-state index contributed by atoms with van der Waals surface area (Å²) in [6.45, 7) is 7.98. The maximum Gasteiger partial charge on any atom is 0.279 e. The third-order valence-corrected chi connectivity index (χ3v) is 5.74. The highest BCUT2D eigenvalue weighted by Gasteiger charge is 2.25. The number of imidazole rings is 1. The molecule has 5 aromatic rings. The van der Waals surface area contributed by atoms with Crippen molar-refractivity contribution in [3.63, 3.8) is 0 Å². The molecule has 0 spiro atoms. The van der Waals surface area contributed by atoms with Crippen LogP contribution in [0.5, 0.6) is 0 Å². The van der Waals surface area contributed by atoms with Crippen LogP contribution in [0.1, 0.15) is 38.1 Å². The number of H-pyrrole nitrogens is 1. The maximum absolute atomic E-state index is 12.8. The van der Waals surface area contributed by atoms with Crippen LogP contribution in [-0.2, 0) is 5.54 Å². The van der Waals surface area contributed by atoms with Crippen molar-refractivity contribution in [2.75, 3.05) is 0 Å². The third kappa shape index (κ3) is 3.75. The van der Waals surface area contributed by atoms with E-state index in [4.69, 9.17) is 10.7 Å². The van der Waals surface area contributed by atoms with Crippen molar-refractivity contribution in [1.82, 2.24) is 19.5 Å². The van der Waals surface area contributed by atoms with Gasteiger partial charge in [-0.15, -0.1) is 0 Å². The lowest BCUT2D eigenvalue weighted by Crippen LogP contribution is -2.23. The normalized spacial score (nSPS) is 12.5. The number of pyridine rings is 1. The van der Waals surface area contributed by atoms with Gasteiger partial charge in [0.05, 0.1) is 16.6 Å². The number of nitrogens with two attached hydrogens (primary N) is 1. The Kier molecular flexibility index (Phi) is 5.05. The summed E-state index contributed by atoms with van der Waals surface area (Å²) < 4.78 is 2.17. The van der Waals surface area contributed by atoms with E-state index in [9.17, 15) is 4.79 Å². The monoisotopic (exact) mass is 450 g/mol. The van der Waals surface area contributed by atoms with Gasteiger partial charge in [0.15, 0.2) is 0 Å². The average Bonchev–Trinajstić information content (AvgIpc) is 3.41. The largest absolute Gasteiger partial charge is 0.387 e. The zero-order valence-electron chi connectivity index (χ0n) is 19.6. The minimum atomic E-state index is -0.380. The van der Waals surface area contributed by atoms with Crippen molar-refractivity contribution in [2.24, 2.45) is 10.7 Å². The number of fused-ring (bicyclic) bond motifs is 2. The zero-order chi connectivity index (χ0) is 24.0. The SMILES string of the molecule is CC(N)=NC(=O)c1ccccc1-c1nc2cc(-c3cnc4[nH]ccc4c3)ccc2n1C(C)(C)C. The lowest BCUT2D eigenvalue weighted by atomic mass is 10.0. The molecule has 3 N–H and O–H groups in total. The maximum atomic E-state index is 12.8. The molecular formula is C27H26N6O. The van der Waals surface area contributed by atoms with Crippen molar-refractivity contribution in [1.29, 1.82) is 0 Å². The molecule has 0 unspecified atom stereocenters. The Morgan fingerprint density at radius 1 is 1.06 bits per heavy atom. The minimum absolute atomic E-state index is 0.224. The first-order chi connectivity index (χ1) is 16.2. The van der Waals surface area contributed by atoms with Gasteiger partial charge in [0.2, 0.25) is 0 Å². The Balaban J connectivity index is 1.72. The van der Waals surface area contributed by atoms with Crippen LogP contribution >= 0.6 is 0 Å². The zero-order valence-corrected chi connectivity index (χ0v) is 19.6. The Bertz CT molecular complexity index is 1580. The number of rotatable bonds is 3. The summed E-state index contributed by atoms with van der Waals surface area (Å²) in [7, 11) is 0. The molecule has 34 heavy (non-hydrogen) atoms. The third-order valence-electron chi connectivity index (χ3n) is 5.74. The molecule has 0 aliphatic rings. The molecule has 5 rings (SSSR count). The van der Waals surface area contributed by atoms with Crippen LogP contribution in [0.25, 0.3) is 44.6 Å². The van der Waals surface area contributed by atoms with Gasteiger partial charge in [-0.1, -0.05) is 24.3 Å². The number of aromatic amines is 1. The van der Waals surface area contributed by atoms with Crippen LogP contribution < -0.4 is 5.73 Å². The molecule has 7 nitrogen and oxygen atoms in total. The molecule has 170 valence electrons. The van der Waals surface area contributed by atoms with Gasteiger partial charge in [-0.2, -0.15) is 4.99 Å². The lowest BCUT2D eigenvalue weighted by molar-refractivity contribution is 0.100. The number of hydrogen-bond donors (Lipinski definition) is 2. The summed E-state index contributed by atoms with van der Waals surface area (Å²) in [5.74, 6) is 0.559. The lowest BCUT2D eigenvalue weighted by Gasteiger charge is -2.25. The van der Waals surface area contributed by atoms with E-state index in [1.54, 1.807) is 13.0 Å². The van der Waals surface area contributed by atoms with E-state index < -0.39 is 0 Å². The van der Waals surface area contributed by atoms with Gasteiger partial charge in [-0.05, 0) is 63.6 Å². The summed E-state index contributed by atoms with van der Waals surface area (Å²) in [6.07, 6.45) is 3.75. The number of nitrogens with zero attached hydrogens (tertiary/aromatic N) is 4. The Hall–Kier alpha value is -4.26. The average molecular weight is 451 g/mol. The van der Waals surface area contributed by atoms with E-state index in [-0.39, 0.29) is 17.3 Å². The number of carbonyl (C=O) groups is 1. The smallest absolute Gasteiger partial charge is 0.279 e. The number of amides is 1. The van der Waals surface area contributed by atoms with E-state index in [1.807, 2.05) is 36.7 Å². The van der Waals surface area contributed by atoms with Crippen molar-refractivity contribution in [2.45, 2.75) is 33.2 Å². The van der Waals surface area contributed by atoms with Crippen LogP contribution in [0, 0.1) is 0 Å². The highest BCUT2D eigenvalue weighted by Crippen LogP contribution is 2.35. The van der Waals surface area contributed by atoms with E-state index in [0.29, 0.717) is 11.4 Å². The van der Waals surface area contributed by atoms with Gasteiger partial charge in [-0.3, -0.25) is 4.79 Å². The quantitative estimate of drug-likeness (QED) is 0.279. The Morgan fingerprint density at radius 3 is 2.62 bits per heavy atom. The van der Waals surface area contributed by atoms with Crippen LogP contribution in [0.2, 0.25) is 0 Å². The second-order valence-electron chi connectivity index (χ2n) is 9.39. The number of hydrogen-bond acceptors (Lipinski definition) is 3. The number of amidine groups is 1. The van der Waals surface area contributed by atoms with Gasteiger partial charge in [0.25, 0.3) is 5.91 Å². The standard InChI is InChI=1S/C27H26N6O/c1-16(28)31-26(34)21-8-6-5-7-20(21)25-32-22-14-17(9-10-23(22)33(25)27(2,3)4)19-13-18-11-12-29-24(18)30-15-19/h5-15H,1-4H3,(H,29,30)(H2,28,31,34). The second-order valence-corrected chi connectivity index (χ2v) is 9.39. The summed E-state index contributed by atoms with van der Waals surface area (Å²) >= 11 is 0. The predicted molar refractivity (Wildman–Crippen MR) is 137 cm³/mol. The molecule has 3 heterocycles. The fourth-order valence-corrected chi connectivity index (χ4v) is 4.30. The fourth-order valence-electron chi connectivity index (χ4n) is 4.30. The molecule has 0 aliphatic carbocycles. The topological polar surface area (TPSA) is 102 Å². The first-order valence-corrected chi connectivity index (χ1v) is 11.1. The second kappa shape index (κ2) is 7.95. The molecule has 0 aliphatic heterocycles. The number of nitrogens with one attached hydrogen (secondary N) is 1. The number of aliphatic imine (C=N–C) groups is 1. The van der Waals surface area contributed by atoms with Crippen molar-refractivity contribution in [3.05, 3.63) is 72.6 Å². The molecule has 0 bridgehead atoms. The molecule has 0 saturated heterocycles. The van der Waals surface area contributed by atoms with Crippen molar-refractivity contribution in [3.8, 4) is 22.5 Å². The van der Waals surface area contributed by atoms with Gasteiger partial charge in [-0.25, -0.2) is 9.97 Å². The molecule has 0 radical (unpaired) electrons. The van der Waals surface area contributed by atoms with Crippen molar-refractivity contribution < 1.29 is 4.79 Å². The summed E-state index contributed by atoms with van der Waals surface area (Å²) in [5, 5.41) is 1.06. The molecule has 7 heteroatoms. The van der Waals surface area contributed by atoms with Gasteiger partial charge in [0, 0.05) is 34.4 Å². The molecule has 1 amide bonds. The van der Waals surface area contributed by atoms with E-state index in [2.05, 4.69) is 64.6 Å². The van der Waals surface area contributed by atoms with E-state index in [0.717, 1.165) is 38.8 Å². The van der Waals surface area contributed by atoms with Crippen molar-refractivity contribution >= 4 is 33.8 Å². The minimum Gasteiger partial charge on any atom is -0.387 e. The van der Waals surface area contributed by atoms with Crippen LogP contribution in [-0.4, -0.2) is 31.3 Å². The first-order valence-electron chi connectivity index (χ1n) is 11.1. The van der Waals surface area contributed by atoms with E-state index >= 15 is 0 Å². The Morgan fingerprint density at radius 2 is 1.85 bits per heavy atom. The molecule has 3 aromatic heterocycles. The molecule has 0 fully saturated rings. The van der Waals surface area contributed by atoms with Crippen LogP contribution in [0.4, 0.5) is 0 Å².